The van der Waals surface area contributed by atoms with Crippen LogP contribution in [0, 0.1) is 5.92 Å². The van der Waals surface area contributed by atoms with Gasteiger partial charge in [0.25, 0.3) is 0 Å². The Balaban J connectivity index is 2.61. The summed E-state index contributed by atoms with van der Waals surface area (Å²) in [6, 6.07) is 5.82. The molecule has 1 aromatic carbocycles. The third kappa shape index (κ3) is 4.84. The first-order valence-corrected chi connectivity index (χ1v) is 6.46. The Morgan fingerprint density at radius 2 is 2.00 bits per heavy atom. The van der Waals surface area contributed by atoms with Gasteiger partial charge in [-0.2, -0.15) is 0 Å². The van der Waals surface area contributed by atoms with Crippen LogP contribution in [0.25, 0.3) is 0 Å². The van der Waals surface area contributed by atoms with E-state index in [0.29, 0.717) is 30.1 Å². The van der Waals surface area contributed by atoms with E-state index in [4.69, 9.17) is 27.9 Å². The molecule has 1 rings (SSSR count). The van der Waals surface area contributed by atoms with Gasteiger partial charge in [0.1, 0.15) is 0 Å². The molecule has 0 saturated carbocycles. The second-order valence-electron chi connectivity index (χ2n) is 4.42. The van der Waals surface area contributed by atoms with E-state index >= 15 is 0 Å². The minimum absolute atomic E-state index is 0.315. The van der Waals surface area contributed by atoms with Crippen molar-refractivity contribution in [1.29, 1.82) is 0 Å². The molecule has 0 aliphatic rings. The predicted molar refractivity (Wildman–Crippen MR) is 73.8 cm³/mol. The Hall–Kier alpha value is -0.280. The van der Waals surface area contributed by atoms with Crippen molar-refractivity contribution in [3.63, 3.8) is 0 Å². The summed E-state index contributed by atoms with van der Waals surface area (Å²) < 4.78 is 5.19. The van der Waals surface area contributed by atoms with E-state index < -0.39 is 0 Å². The third-order valence-electron chi connectivity index (χ3n) is 2.71. The highest BCUT2D eigenvalue weighted by atomic mass is 35.5. The summed E-state index contributed by atoms with van der Waals surface area (Å²) in [5, 5.41) is 4.88. The van der Waals surface area contributed by atoms with Crippen molar-refractivity contribution >= 4 is 23.2 Å². The Kier molecular flexibility index (Phi) is 6.28. The van der Waals surface area contributed by atoms with Gasteiger partial charge in [-0.1, -0.05) is 37.0 Å². The quantitative estimate of drug-likeness (QED) is 0.854. The molecule has 1 N–H and O–H groups in total. The van der Waals surface area contributed by atoms with Crippen LogP contribution in [0.15, 0.2) is 18.2 Å². The molecule has 0 saturated heterocycles. The maximum atomic E-state index is 6.11. The monoisotopic (exact) mass is 275 g/mol. The summed E-state index contributed by atoms with van der Waals surface area (Å²) in [4.78, 5) is 0. The van der Waals surface area contributed by atoms with Crippen LogP contribution in [-0.4, -0.2) is 19.8 Å². The van der Waals surface area contributed by atoms with Gasteiger partial charge in [0, 0.05) is 29.7 Å². The molecule has 2 nitrogen and oxygen atoms in total. The zero-order valence-electron chi connectivity index (χ0n) is 10.5. The third-order valence-corrected chi connectivity index (χ3v) is 3.32. The summed E-state index contributed by atoms with van der Waals surface area (Å²) in [5.74, 6) is 0.507. The molecule has 1 atom stereocenters. The second-order valence-corrected chi connectivity index (χ2v) is 5.27. The predicted octanol–water partition coefficient (Wildman–Crippen LogP) is 3.75. The minimum Gasteiger partial charge on any atom is -0.383 e. The molecule has 1 aromatic rings. The fourth-order valence-electron chi connectivity index (χ4n) is 1.59. The highest BCUT2D eigenvalue weighted by molar-refractivity contribution is 6.33. The second kappa shape index (κ2) is 7.22. The average molecular weight is 276 g/mol. The lowest BCUT2D eigenvalue weighted by Crippen LogP contribution is -2.37. The molecule has 0 aromatic heterocycles. The average Bonchev–Trinajstić information content (AvgIpc) is 2.28. The lowest BCUT2D eigenvalue weighted by atomic mass is 10.0. The van der Waals surface area contributed by atoms with E-state index in [-0.39, 0.29) is 0 Å². The van der Waals surface area contributed by atoms with Gasteiger partial charge in [0.15, 0.2) is 0 Å². The maximum absolute atomic E-state index is 6.11. The molecule has 0 fully saturated rings. The molecule has 0 aliphatic carbocycles. The number of methoxy groups -OCH3 is 1. The number of halogens is 2. The van der Waals surface area contributed by atoms with Crippen molar-refractivity contribution in [2.24, 2.45) is 5.92 Å². The van der Waals surface area contributed by atoms with Crippen LogP contribution in [0.5, 0.6) is 0 Å². The molecule has 17 heavy (non-hydrogen) atoms. The first-order chi connectivity index (χ1) is 8.04. The van der Waals surface area contributed by atoms with Crippen LogP contribution in [0.4, 0.5) is 0 Å². The number of benzene rings is 1. The Bertz CT molecular complexity index is 355. The first-order valence-electron chi connectivity index (χ1n) is 5.70. The summed E-state index contributed by atoms with van der Waals surface area (Å²) in [7, 11) is 1.71. The van der Waals surface area contributed by atoms with Gasteiger partial charge in [-0.3, -0.25) is 0 Å². The van der Waals surface area contributed by atoms with Crippen molar-refractivity contribution in [2.45, 2.75) is 26.4 Å². The fraction of sp³-hybridized carbons (Fsp3) is 0.538. The molecule has 0 heterocycles. The van der Waals surface area contributed by atoms with Crippen molar-refractivity contribution < 1.29 is 4.74 Å². The molecule has 0 spiro atoms. The zero-order valence-corrected chi connectivity index (χ0v) is 12.0. The van der Waals surface area contributed by atoms with Crippen molar-refractivity contribution in [3.05, 3.63) is 33.8 Å². The van der Waals surface area contributed by atoms with E-state index in [0.717, 1.165) is 10.6 Å². The SMILES string of the molecule is COCC(NCc1cc(Cl)ccc1Cl)C(C)C. The summed E-state index contributed by atoms with van der Waals surface area (Å²) in [6.07, 6.45) is 0. The standard InChI is InChI=1S/C13H19Cl2NO/c1-9(2)13(8-17-3)16-7-10-6-11(14)4-5-12(10)15/h4-6,9,13,16H,7-8H2,1-3H3. The van der Waals surface area contributed by atoms with Crippen molar-refractivity contribution in [2.75, 3.05) is 13.7 Å². The number of ether oxygens (including phenoxy) is 1. The normalized spacial score (nSPS) is 13.1. The molecular formula is C13H19Cl2NO. The number of hydrogen-bond donors (Lipinski definition) is 1. The number of hydrogen-bond acceptors (Lipinski definition) is 2. The smallest absolute Gasteiger partial charge is 0.0618 e. The molecule has 0 amide bonds. The van der Waals surface area contributed by atoms with Gasteiger partial charge in [-0.05, 0) is 29.7 Å². The largest absolute Gasteiger partial charge is 0.383 e. The van der Waals surface area contributed by atoms with Crippen molar-refractivity contribution in [3.8, 4) is 0 Å². The van der Waals surface area contributed by atoms with Gasteiger partial charge < -0.3 is 10.1 Å². The summed E-state index contributed by atoms with van der Waals surface area (Å²) in [5.41, 5.74) is 1.01. The van der Waals surface area contributed by atoms with Crippen LogP contribution in [0.3, 0.4) is 0 Å². The van der Waals surface area contributed by atoms with Crippen LogP contribution < -0.4 is 5.32 Å². The van der Waals surface area contributed by atoms with E-state index in [1.165, 1.54) is 0 Å². The zero-order chi connectivity index (χ0) is 12.8. The van der Waals surface area contributed by atoms with Gasteiger partial charge >= 0.3 is 0 Å². The molecule has 1 unspecified atom stereocenters. The summed E-state index contributed by atoms with van der Waals surface area (Å²) >= 11 is 12.1. The molecule has 0 bridgehead atoms. The Labute approximate surface area is 113 Å². The van der Waals surface area contributed by atoms with E-state index in [2.05, 4.69) is 19.2 Å². The highest BCUT2D eigenvalue weighted by Gasteiger charge is 2.13. The van der Waals surface area contributed by atoms with Gasteiger partial charge in [0.05, 0.1) is 6.61 Å². The first kappa shape index (κ1) is 14.8. The van der Waals surface area contributed by atoms with Gasteiger partial charge in [-0.25, -0.2) is 0 Å². The molecule has 0 radical (unpaired) electrons. The lowest BCUT2D eigenvalue weighted by molar-refractivity contribution is 0.146. The number of nitrogens with one attached hydrogen (secondary N) is 1. The minimum atomic E-state index is 0.315. The Morgan fingerprint density at radius 1 is 1.29 bits per heavy atom. The van der Waals surface area contributed by atoms with Crippen LogP contribution in [-0.2, 0) is 11.3 Å². The van der Waals surface area contributed by atoms with Crippen LogP contribution in [0.1, 0.15) is 19.4 Å². The fourth-order valence-corrected chi connectivity index (χ4v) is 1.97. The van der Waals surface area contributed by atoms with Crippen LogP contribution >= 0.6 is 23.2 Å². The maximum Gasteiger partial charge on any atom is 0.0618 e. The van der Waals surface area contributed by atoms with Gasteiger partial charge in [0.2, 0.25) is 0 Å². The molecular weight excluding hydrogens is 257 g/mol. The topological polar surface area (TPSA) is 21.3 Å². The molecule has 0 aliphatic heterocycles. The summed E-state index contributed by atoms with van der Waals surface area (Å²) in [6.45, 7) is 5.72. The Morgan fingerprint density at radius 3 is 2.59 bits per heavy atom. The highest BCUT2D eigenvalue weighted by Crippen LogP contribution is 2.20. The van der Waals surface area contributed by atoms with Crippen molar-refractivity contribution in [1.82, 2.24) is 5.32 Å². The van der Waals surface area contributed by atoms with E-state index in [1.54, 1.807) is 13.2 Å². The number of rotatable bonds is 6. The lowest BCUT2D eigenvalue weighted by Gasteiger charge is -2.22. The molecule has 4 heteroatoms. The van der Waals surface area contributed by atoms with Crippen LogP contribution in [0.2, 0.25) is 10.0 Å². The molecule has 96 valence electrons. The van der Waals surface area contributed by atoms with Gasteiger partial charge in [-0.15, -0.1) is 0 Å². The van der Waals surface area contributed by atoms with E-state index in [9.17, 15) is 0 Å². The van der Waals surface area contributed by atoms with E-state index in [1.807, 2.05) is 12.1 Å².